The van der Waals surface area contributed by atoms with Crippen molar-refractivity contribution in [2.24, 2.45) is 0 Å². The first-order valence-corrected chi connectivity index (χ1v) is 9.53. The SMILES string of the molecule is CN1CCN(C(=O)CCCOc2ccccc2)C[C@@]12CCNC(=O)CC2. The fourth-order valence-corrected chi connectivity index (χ4v) is 3.90. The zero-order chi connectivity index (χ0) is 18.4. The van der Waals surface area contributed by atoms with Crippen LogP contribution in [0.2, 0.25) is 0 Å². The van der Waals surface area contributed by atoms with Crippen molar-refractivity contribution in [3.8, 4) is 5.75 Å². The second kappa shape index (κ2) is 8.54. The minimum Gasteiger partial charge on any atom is -0.494 e. The summed E-state index contributed by atoms with van der Waals surface area (Å²) in [7, 11) is 2.12. The molecule has 0 aromatic heterocycles. The lowest BCUT2D eigenvalue weighted by atomic mass is 9.86. The Balaban J connectivity index is 1.49. The first kappa shape index (κ1) is 18.7. The number of likely N-dealkylation sites (N-methyl/N-ethyl adjacent to an activating group) is 1. The van der Waals surface area contributed by atoms with Gasteiger partial charge >= 0.3 is 0 Å². The summed E-state index contributed by atoms with van der Waals surface area (Å²) in [6.07, 6.45) is 3.47. The Kier molecular flexibility index (Phi) is 6.14. The zero-order valence-corrected chi connectivity index (χ0v) is 15.6. The lowest BCUT2D eigenvalue weighted by molar-refractivity contribution is -0.137. The Hall–Kier alpha value is -2.08. The molecular formula is C20H29N3O3. The molecule has 6 nitrogen and oxygen atoms in total. The van der Waals surface area contributed by atoms with E-state index in [0.29, 0.717) is 32.4 Å². The molecule has 2 saturated heterocycles. The smallest absolute Gasteiger partial charge is 0.222 e. The number of hydrogen-bond donors (Lipinski definition) is 1. The number of benzene rings is 1. The summed E-state index contributed by atoms with van der Waals surface area (Å²) in [4.78, 5) is 28.7. The maximum absolute atomic E-state index is 12.7. The van der Waals surface area contributed by atoms with Crippen molar-refractivity contribution in [2.45, 2.75) is 37.6 Å². The molecule has 1 spiro atoms. The summed E-state index contributed by atoms with van der Waals surface area (Å²) in [6.45, 7) is 3.58. The lowest BCUT2D eigenvalue weighted by Crippen LogP contribution is -2.62. The van der Waals surface area contributed by atoms with E-state index in [-0.39, 0.29) is 17.4 Å². The molecule has 1 N–H and O–H groups in total. The predicted octanol–water partition coefficient (Wildman–Crippen LogP) is 1.66. The summed E-state index contributed by atoms with van der Waals surface area (Å²) in [6, 6.07) is 9.68. The summed E-state index contributed by atoms with van der Waals surface area (Å²) in [5.41, 5.74) is -0.0758. The molecule has 0 aliphatic carbocycles. The molecule has 2 aliphatic heterocycles. The molecule has 0 saturated carbocycles. The first-order chi connectivity index (χ1) is 12.6. The van der Waals surface area contributed by atoms with Crippen molar-refractivity contribution in [3.63, 3.8) is 0 Å². The van der Waals surface area contributed by atoms with Crippen molar-refractivity contribution >= 4 is 11.8 Å². The van der Waals surface area contributed by atoms with E-state index >= 15 is 0 Å². The van der Waals surface area contributed by atoms with Gasteiger partial charge in [0, 0.05) is 44.6 Å². The van der Waals surface area contributed by atoms with Crippen LogP contribution < -0.4 is 10.1 Å². The van der Waals surface area contributed by atoms with Crippen molar-refractivity contribution in [3.05, 3.63) is 30.3 Å². The van der Waals surface area contributed by atoms with Gasteiger partial charge in [-0.25, -0.2) is 0 Å². The Morgan fingerprint density at radius 2 is 2.04 bits per heavy atom. The Morgan fingerprint density at radius 1 is 1.23 bits per heavy atom. The first-order valence-electron chi connectivity index (χ1n) is 9.53. The van der Waals surface area contributed by atoms with E-state index in [4.69, 9.17) is 4.74 Å². The van der Waals surface area contributed by atoms with E-state index < -0.39 is 0 Å². The lowest BCUT2D eigenvalue weighted by Gasteiger charge is -2.49. The normalized spacial score (nSPS) is 24.2. The number of rotatable bonds is 5. The number of amides is 2. The van der Waals surface area contributed by atoms with Gasteiger partial charge in [0.2, 0.25) is 11.8 Å². The molecule has 6 heteroatoms. The van der Waals surface area contributed by atoms with E-state index in [1.807, 2.05) is 35.2 Å². The molecule has 1 aromatic carbocycles. The monoisotopic (exact) mass is 359 g/mol. The van der Waals surface area contributed by atoms with Crippen molar-refractivity contribution in [1.82, 2.24) is 15.1 Å². The largest absolute Gasteiger partial charge is 0.494 e. The van der Waals surface area contributed by atoms with Gasteiger partial charge in [0.15, 0.2) is 0 Å². The third-order valence-corrected chi connectivity index (χ3v) is 5.63. The maximum atomic E-state index is 12.7. The van der Waals surface area contributed by atoms with Crippen LogP contribution in [-0.4, -0.2) is 67.0 Å². The second-order valence-corrected chi connectivity index (χ2v) is 7.33. The zero-order valence-electron chi connectivity index (χ0n) is 15.6. The highest BCUT2D eigenvalue weighted by Gasteiger charge is 2.41. The standard InChI is InChI=1S/C20H29N3O3/c1-22-13-14-23(16-20(22)10-9-18(24)21-12-11-20)19(25)8-5-15-26-17-6-3-2-4-7-17/h2-4,6-7H,5,8-16H2,1H3,(H,21,24)/t20-/m1/s1. The number of hydrogen-bond acceptors (Lipinski definition) is 4. The van der Waals surface area contributed by atoms with E-state index in [1.165, 1.54) is 0 Å². The van der Waals surface area contributed by atoms with Gasteiger partial charge in [0.25, 0.3) is 0 Å². The summed E-state index contributed by atoms with van der Waals surface area (Å²) >= 11 is 0. The average Bonchev–Trinajstić information content (AvgIpc) is 2.84. The highest BCUT2D eigenvalue weighted by molar-refractivity contribution is 5.77. The number of nitrogens with zero attached hydrogens (tertiary/aromatic N) is 2. The fraction of sp³-hybridized carbons (Fsp3) is 0.600. The molecule has 0 bridgehead atoms. The molecular weight excluding hydrogens is 330 g/mol. The highest BCUT2D eigenvalue weighted by Crippen LogP contribution is 2.30. The second-order valence-electron chi connectivity index (χ2n) is 7.33. The topological polar surface area (TPSA) is 61.9 Å². The number of para-hydroxylation sites is 1. The highest BCUT2D eigenvalue weighted by atomic mass is 16.5. The predicted molar refractivity (Wildman–Crippen MR) is 100.0 cm³/mol. The van der Waals surface area contributed by atoms with Crippen molar-refractivity contribution < 1.29 is 14.3 Å². The molecule has 2 aliphatic rings. The van der Waals surface area contributed by atoms with Gasteiger partial charge in [0.05, 0.1) is 6.61 Å². The molecule has 1 aromatic rings. The molecule has 142 valence electrons. The Morgan fingerprint density at radius 3 is 2.85 bits per heavy atom. The van der Waals surface area contributed by atoms with E-state index in [0.717, 1.165) is 38.2 Å². The van der Waals surface area contributed by atoms with Crippen LogP contribution in [0.4, 0.5) is 0 Å². The molecule has 2 heterocycles. The average molecular weight is 359 g/mol. The third kappa shape index (κ3) is 4.55. The minimum absolute atomic E-state index is 0.0758. The van der Waals surface area contributed by atoms with E-state index in [2.05, 4.69) is 17.3 Å². The van der Waals surface area contributed by atoms with Crippen LogP contribution in [0.3, 0.4) is 0 Å². The molecule has 2 amide bonds. The summed E-state index contributed by atoms with van der Waals surface area (Å²) in [5.74, 6) is 1.16. The van der Waals surface area contributed by atoms with Crippen LogP contribution in [0.15, 0.2) is 30.3 Å². The number of piperazine rings is 1. The Labute approximate surface area is 155 Å². The molecule has 3 rings (SSSR count). The van der Waals surface area contributed by atoms with Gasteiger partial charge in [-0.15, -0.1) is 0 Å². The van der Waals surface area contributed by atoms with E-state index in [9.17, 15) is 9.59 Å². The maximum Gasteiger partial charge on any atom is 0.222 e. The summed E-state index contributed by atoms with van der Waals surface area (Å²) < 4.78 is 5.67. The van der Waals surface area contributed by atoms with Crippen LogP contribution in [0.5, 0.6) is 5.75 Å². The van der Waals surface area contributed by atoms with Crippen LogP contribution in [-0.2, 0) is 9.59 Å². The quantitative estimate of drug-likeness (QED) is 0.812. The van der Waals surface area contributed by atoms with Gasteiger partial charge in [-0.1, -0.05) is 18.2 Å². The van der Waals surface area contributed by atoms with Crippen LogP contribution >= 0.6 is 0 Å². The number of carbonyl (C=O) groups is 2. The van der Waals surface area contributed by atoms with E-state index in [1.54, 1.807) is 0 Å². The Bertz CT molecular complexity index is 622. The molecule has 26 heavy (non-hydrogen) atoms. The number of ether oxygens (including phenoxy) is 1. The van der Waals surface area contributed by atoms with Gasteiger partial charge < -0.3 is 15.0 Å². The van der Waals surface area contributed by atoms with Gasteiger partial charge in [-0.05, 0) is 38.4 Å². The van der Waals surface area contributed by atoms with Crippen molar-refractivity contribution in [2.75, 3.05) is 39.8 Å². The van der Waals surface area contributed by atoms with Gasteiger partial charge in [0.1, 0.15) is 5.75 Å². The van der Waals surface area contributed by atoms with Gasteiger partial charge in [-0.3, -0.25) is 14.5 Å². The molecule has 2 fully saturated rings. The van der Waals surface area contributed by atoms with Gasteiger partial charge in [-0.2, -0.15) is 0 Å². The third-order valence-electron chi connectivity index (χ3n) is 5.63. The van der Waals surface area contributed by atoms with Crippen LogP contribution in [0.1, 0.15) is 32.1 Å². The molecule has 1 atom stereocenters. The minimum atomic E-state index is -0.0758. The number of nitrogens with one attached hydrogen (secondary N) is 1. The fourth-order valence-electron chi connectivity index (χ4n) is 3.90. The van der Waals surface area contributed by atoms with Crippen LogP contribution in [0, 0.1) is 0 Å². The summed E-state index contributed by atoms with van der Waals surface area (Å²) in [5, 5.41) is 2.95. The molecule has 0 radical (unpaired) electrons. The van der Waals surface area contributed by atoms with Crippen molar-refractivity contribution in [1.29, 1.82) is 0 Å². The van der Waals surface area contributed by atoms with Crippen LogP contribution in [0.25, 0.3) is 0 Å². The molecule has 0 unspecified atom stereocenters. The number of carbonyl (C=O) groups excluding carboxylic acids is 2.